The Morgan fingerprint density at radius 3 is 2.50 bits per heavy atom. The molecule has 0 aliphatic heterocycles. The lowest BCUT2D eigenvalue weighted by molar-refractivity contribution is -0.136. The number of halogens is 2. The summed E-state index contributed by atoms with van der Waals surface area (Å²) < 4.78 is 19.9. The minimum absolute atomic E-state index is 0.0472. The molecule has 0 aromatic heterocycles. The molecular weight excluding hydrogens is 375 g/mol. The standard InChI is InChI=1S/C20H14ClFO3S/c21-14-8-13(10-20(23)24)9-15(11-14)25-19-7-6-17(12-18(19)22)26-16-4-2-1-3-5-16/h1-9,11-12H,10H2,(H,23,24). The first kappa shape index (κ1) is 18.3. The Morgan fingerprint density at radius 1 is 1.04 bits per heavy atom. The van der Waals surface area contributed by atoms with Gasteiger partial charge in [-0.25, -0.2) is 4.39 Å². The molecule has 6 heteroatoms. The molecule has 3 aromatic carbocycles. The summed E-state index contributed by atoms with van der Waals surface area (Å²) in [6.45, 7) is 0. The maximum atomic E-state index is 14.4. The fraction of sp³-hybridized carbons (Fsp3) is 0.0500. The highest BCUT2D eigenvalue weighted by Crippen LogP contribution is 2.33. The molecule has 0 amide bonds. The van der Waals surface area contributed by atoms with Crippen molar-refractivity contribution in [3.8, 4) is 11.5 Å². The van der Waals surface area contributed by atoms with Gasteiger partial charge in [-0.3, -0.25) is 4.79 Å². The van der Waals surface area contributed by atoms with Crippen LogP contribution in [0.5, 0.6) is 11.5 Å². The molecule has 132 valence electrons. The number of hydrogen-bond donors (Lipinski definition) is 1. The lowest BCUT2D eigenvalue weighted by Crippen LogP contribution is -2.00. The van der Waals surface area contributed by atoms with Gasteiger partial charge in [0, 0.05) is 14.8 Å². The second-order valence-electron chi connectivity index (χ2n) is 5.48. The number of hydrogen-bond acceptors (Lipinski definition) is 3. The second kappa shape index (κ2) is 8.25. The number of ether oxygens (including phenoxy) is 1. The van der Waals surface area contributed by atoms with Crippen molar-refractivity contribution < 1.29 is 19.0 Å². The summed E-state index contributed by atoms with van der Waals surface area (Å²) in [7, 11) is 0. The maximum absolute atomic E-state index is 14.4. The van der Waals surface area contributed by atoms with Crippen LogP contribution in [-0.4, -0.2) is 11.1 Å². The Hall–Kier alpha value is -2.50. The van der Waals surface area contributed by atoms with E-state index in [1.165, 1.54) is 30.0 Å². The van der Waals surface area contributed by atoms with E-state index in [1.807, 2.05) is 30.3 Å². The van der Waals surface area contributed by atoms with E-state index in [9.17, 15) is 9.18 Å². The highest BCUT2D eigenvalue weighted by Gasteiger charge is 2.10. The fourth-order valence-corrected chi connectivity index (χ4v) is 3.45. The van der Waals surface area contributed by atoms with Crippen LogP contribution < -0.4 is 4.74 Å². The number of carboxylic acids is 1. The summed E-state index contributed by atoms with van der Waals surface area (Å²) in [5.41, 5.74) is 0.483. The minimum Gasteiger partial charge on any atom is -0.481 e. The van der Waals surface area contributed by atoms with Crippen molar-refractivity contribution in [1.82, 2.24) is 0 Å². The zero-order valence-corrected chi connectivity index (χ0v) is 15.1. The molecule has 26 heavy (non-hydrogen) atoms. The van der Waals surface area contributed by atoms with E-state index in [1.54, 1.807) is 18.2 Å². The van der Waals surface area contributed by atoms with Crippen LogP contribution in [0.25, 0.3) is 0 Å². The molecule has 0 saturated carbocycles. The van der Waals surface area contributed by atoms with Gasteiger partial charge in [-0.1, -0.05) is 41.6 Å². The molecule has 1 N–H and O–H groups in total. The molecule has 0 bridgehead atoms. The monoisotopic (exact) mass is 388 g/mol. The van der Waals surface area contributed by atoms with Crippen molar-refractivity contribution in [3.05, 3.63) is 83.1 Å². The SMILES string of the molecule is O=C(O)Cc1cc(Cl)cc(Oc2ccc(Sc3ccccc3)cc2F)c1. The van der Waals surface area contributed by atoms with Crippen molar-refractivity contribution in [2.45, 2.75) is 16.2 Å². The Labute approximate surface area is 159 Å². The fourth-order valence-electron chi connectivity index (χ4n) is 2.34. The molecule has 0 atom stereocenters. The van der Waals surface area contributed by atoms with E-state index >= 15 is 0 Å². The number of rotatable bonds is 6. The molecule has 0 fully saturated rings. The van der Waals surface area contributed by atoms with Crippen molar-refractivity contribution in [1.29, 1.82) is 0 Å². The van der Waals surface area contributed by atoms with Crippen LogP contribution in [-0.2, 0) is 11.2 Å². The van der Waals surface area contributed by atoms with Crippen molar-refractivity contribution in [2.24, 2.45) is 0 Å². The van der Waals surface area contributed by atoms with Crippen molar-refractivity contribution in [2.75, 3.05) is 0 Å². The van der Waals surface area contributed by atoms with E-state index in [0.29, 0.717) is 10.6 Å². The third-order valence-electron chi connectivity index (χ3n) is 3.40. The molecule has 0 heterocycles. The van der Waals surface area contributed by atoms with E-state index in [2.05, 4.69) is 0 Å². The number of carboxylic acid groups (broad SMARTS) is 1. The van der Waals surface area contributed by atoms with E-state index in [4.69, 9.17) is 21.4 Å². The van der Waals surface area contributed by atoms with Gasteiger partial charge in [0.25, 0.3) is 0 Å². The van der Waals surface area contributed by atoms with Gasteiger partial charge in [-0.05, 0) is 54.1 Å². The number of aliphatic carboxylic acids is 1. The summed E-state index contributed by atoms with van der Waals surface area (Å²) in [4.78, 5) is 12.6. The van der Waals surface area contributed by atoms with Gasteiger partial charge >= 0.3 is 5.97 Å². The molecule has 3 aromatic rings. The Morgan fingerprint density at radius 2 is 1.81 bits per heavy atom. The third-order valence-corrected chi connectivity index (χ3v) is 4.61. The first-order chi connectivity index (χ1) is 12.5. The highest BCUT2D eigenvalue weighted by atomic mass is 35.5. The van der Waals surface area contributed by atoms with Gasteiger partial charge in [0.1, 0.15) is 5.75 Å². The van der Waals surface area contributed by atoms with Crippen LogP contribution in [0.2, 0.25) is 5.02 Å². The largest absolute Gasteiger partial charge is 0.481 e. The molecule has 0 radical (unpaired) electrons. The topological polar surface area (TPSA) is 46.5 Å². The summed E-state index contributed by atoms with van der Waals surface area (Å²) in [6.07, 6.45) is -0.188. The van der Waals surface area contributed by atoms with Gasteiger partial charge in [-0.2, -0.15) is 0 Å². The molecule has 0 spiro atoms. The van der Waals surface area contributed by atoms with Gasteiger partial charge in [0.15, 0.2) is 11.6 Å². The zero-order valence-electron chi connectivity index (χ0n) is 13.5. The van der Waals surface area contributed by atoms with Gasteiger partial charge in [0.2, 0.25) is 0 Å². The smallest absolute Gasteiger partial charge is 0.307 e. The predicted molar refractivity (Wildman–Crippen MR) is 99.8 cm³/mol. The van der Waals surface area contributed by atoms with Crippen LogP contribution in [0.1, 0.15) is 5.56 Å². The van der Waals surface area contributed by atoms with Gasteiger partial charge in [0.05, 0.1) is 6.42 Å². The molecule has 0 aliphatic rings. The van der Waals surface area contributed by atoms with E-state index in [0.717, 1.165) is 9.79 Å². The molecule has 0 aliphatic carbocycles. The normalized spacial score (nSPS) is 10.5. The Kier molecular flexibility index (Phi) is 5.81. The third kappa shape index (κ3) is 5.00. The maximum Gasteiger partial charge on any atom is 0.307 e. The van der Waals surface area contributed by atoms with Gasteiger partial charge < -0.3 is 9.84 Å². The predicted octanol–water partition coefficient (Wildman–Crippen LogP) is 6.05. The summed E-state index contributed by atoms with van der Waals surface area (Å²) >= 11 is 7.43. The van der Waals surface area contributed by atoms with Crippen LogP contribution in [0.15, 0.2) is 76.5 Å². The quantitative estimate of drug-likeness (QED) is 0.558. The van der Waals surface area contributed by atoms with E-state index in [-0.39, 0.29) is 17.9 Å². The molecule has 3 rings (SSSR count). The first-order valence-corrected chi connectivity index (χ1v) is 8.90. The number of carbonyl (C=O) groups is 1. The summed E-state index contributed by atoms with van der Waals surface area (Å²) in [6, 6.07) is 18.9. The average molecular weight is 389 g/mol. The molecule has 0 saturated heterocycles. The minimum atomic E-state index is -0.980. The lowest BCUT2D eigenvalue weighted by Gasteiger charge is -2.10. The second-order valence-corrected chi connectivity index (χ2v) is 7.06. The summed E-state index contributed by atoms with van der Waals surface area (Å²) in [5, 5.41) is 9.22. The van der Waals surface area contributed by atoms with E-state index < -0.39 is 11.8 Å². The van der Waals surface area contributed by atoms with Crippen LogP contribution in [0.4, 0.5) is 4.39 Å². The van der Waals surface area contributed by atoms with Crippen LogP contribution in [0, 0.1) is 5.82 Å². The summed E-state index contributed by atoms with van der Waals surface area (Å²) in [5.74, 6) is -1.15. The zero-order chi connectivity index (χ0) is 18.5. The first-order valence-electron chi connectivity index (χ1n) is 7.71. The van der Waals surface area contributed by atoms with Crippen LogP contribution >= 0.6 is 23.4 Å². The molecule has 3 nitrogen and oxygen atoms in total. The Bertz CT molecular complexity index is 932. The molecule has 0 unspecified atom stereocenters. The number of benzene rings is 3. The Balaban J connectivity index is 1.78. The van der Waals surface area contributed by atoms with Gasteiger partial charge in [-0.15, -0.1) is 0 Å². The van der Waals surface area contributed by atoms with Crippen molar-refractivity contribution in [3.63, 3.8) is 0 Å². The highest BCUT2D eigenvalue weighted by molar-refractivity contribution is 7.99. The average Bonchev–Trinajstić information content (AvgIpc) is 2.57. The lowest BCUT2D eigenvalue weighted by atomic mass is 10.1. The molecular formula is C20H14ClFO3S. The van der Waals surface area contributed by atoms with Crippen LogP contribution in [0.3, 0.4) is 0 Å². The van der Waals surface area contributed by atoms with Crippen molar-refractivity contribution >= 4 is 29.3 Å².